The molecule has 0 radical (unpaired) electrons. The number of aryl methyl sites for hydroxylation is 1. The maximum absolute atomic E-state index is 11.6. The van der Waals surface area contributed by atoms with Crippen LogP contribution >= 0.6 is 0 Å². The second kappa shape index (κ2) is 4.25. The zero-order chi connectivity index (χ0) is 12.5. The van der Waals surface area contributed by atoms with Gasteiger partial charge in [0.25, 0.3) is 0 Å². The summed E-state index contributed by atoms with van der Waals surface area (Å²) in [6.45, 7) is 3.68. The van der Waals surface area contributed by atoms with Crippen molar-refractivity contribution in [2.45, 2.75) is 13.3 Å². The summed E-state index contributed by atoms with van der Waals surface area (Å²) in [5, 5.41) is 10.5. The summed E-state index contributed by atoms with van der Waals surface area (Å²) in [4.78, 5) is 22.3. The van der Waals surface area contributed by atoms with Gasteiger partial charge >= 0.3 is 0 Å². The van der Waals surface area contributed by atoms with Crippen LogP contribution in [0.1, 0.15) is 12.2 Å². The molecule has 1 amide bonds. The molecule has 0 aliphatic carbocycles. The minimum absolute atomic E-state index is 0.0282. The molecule has 2 aromatic heterocycles. The molecule has 18 heavy (non-hydrogen) atoms. The molecule has 7 nitrogen and oxygen atoms in total. The van der Waals surface area contributed by atoms with E-state index < -0.39 is 0 Å². The molecule has 1 aliphatic rings. The summed E-state index contributed by atoms with van der Waals surface area (Å²) in [6, 6.07) is 0. The number of H-pyrrole nitrogens is 1. The van der Waals surface area contributed by atoms with Gasteiger partial charge in [0.1, 0.15) is 11.6 Å². The van der Waals surface area contributed by atoms with Gasteiger partial charge in [0.15, 0.2) is 5.65 Å². The lowest BCUT2D eigenvalue weighted by Crippen LogP contribution is -2.33. The van der Waals surface area contributed by atoms with Crippen LogP contribution in [0.3, 0.4) is 0 Å². The Kier molecular flexibility index (Phi) is 2.58. The Hall–Kier alpha value is -2.18. The first-order valence-electron chi connectivity index (χ1n) is 5.93. The van der Waals surface area contributed by atoms with Crippen molar-refractivity contribution < 1.29 is 4.79 Å². The van der Waals surface area contributed by atoms with E-state index in [1.54, 1.807) is 6.20 Å². The van der Waals surface area contributed by atoms with E-state index in [1.165, 1.54) is 0 Å². The average molecular weight is 246 g/mol. The molecule has 3 rings (SSSR count). The van der Waals surface area contributed by atoms with Crippen LogP contribution in [0.25, 0.3) is 11.0 Å². The van der Waals surface area contributed by atoms with E-state index in [2.05, 4.69) is 25.5 Å². The van der Waals surface area contributed by atoms with Crippen LogP contribution in [-0.2, 0) is 4.79 Å². The van der Waals surface area contributed by atoms with Crippen molar-refractivity contribution in [3.63, 3.8) is 0 Å². The van der Waals surface area contributed by atoms with Crippen LogP contribution < -0.4 is 10.2 Å². The summed E-state index contributed by atoms with van der Waals surface area (Å²) in [5.41, 5.74) is 0.710. The Bertz CT molecular complexity index is 592. The molecule has 0 bridgehead atoms. The molecule has 0 unspecified atom stereocenters. The van der Waals surface area contributed by atoms with Gasteiger partial charge in [0.05, 0.1) is 18.1 Å². The van der Waals surface area contributed by atoms with Gasteiger partial charge in [-0.15, -0.1) is 0 Å². The van der Waals surface area contributed by atoms with E-state index in [1.807, 2.05) is 11.8 Å². The van der Waals surface area contributed by atoms with Gasteiger partial charge in [-0.1, -0.05) is 0 Å². The molecule has 0 saturated carbocycles. The third-order valence-electron chi connectivity index (χ3n) is 2.96. The monoisotopic (exact) mass is 246 g/mol. The highest BCUT2D eigenvalue weighted by Gasteiger charge is 2.19. The number of carbonyl (C=O) groups excluding carboxylic acids is 1. The molecule has 0 spiro atoms. The largest absolute Gasteiger partial charge is 0.354 e. The van der Waals surface area contributed by atoms with Crippen molar-refractivity contribution in [3.05, 3.63) is 12.0 Å². The van der Waals surface area contributed by atoms with Crippen molar-refractivity contribution >= 4 is 22.8 Å². The van der Waals surface area contributed by atoms with E-state index >= 15 is 0 Å². The summed E-state index contributed by atoms with van der Waals surface area (Å²) >= 11 is 0. The lowest BCUT2D eigenvalue weighted by molar-refractivity contribution is -0.119. The van der Waals surface area contributed by atoms with Gasteiger partial charge in [0.2, 0.25) is 5.91 Å². The van der Waals surface area contributed by atoms with Crippen LogP contribution in [0.4, 0.5) is 5.82 Å². The smallest absolute Gasteiger partial charge is 0.239 e. The molecule has 3 heterocycles. The van der Waals surface area contributed by atoms with Gasteiger partial charge in [0, 0.05) is 13.1 Å². The van der Waals surface area contributed by atoms with Gasteiger partial charge < -0.3 is 10.2 Å². The van der Waals surface area contributed by atoms with Crippen LogP contribution in [-0.4, -0.2) is 45.7 Å². The maximum atomic E-state index is 11.6. The molecule has 94 valence electrons. The number of anilines is 1. The van der Waals surface area contributed by atoms with E-state index in [4.69, 9.17) is 0 Å². The fourth-order valence-corrected chi connectivity index (χ4v) is 2.16. The van der Waals surface area contributed by atoms with Gasteiger partial charge in [-0.3, -0.25) is 9.89 Å². The van der Waals surface area contributed by atoms with Gasteiger partial charge in [-0.25, -0.2) is 9.97 Å². The molecule has 1 saturated heterocycles. The molecule has 0 atom stereocenters. The van der Waals surface area contributed by atoms with Crippen molar-refractivity contribution in [1.29, 1.82) is 0 Å². The number of carbonyl (C=O) groups is 1. The summed E-state index contributed by atoms with van der Waals surface area (Å²) in [7, 11) is 0. The minimum atomic E-state index is 0.0282. The third kappa shape index (κ3) is 1.87. The number of nitrogens with one attached hydrogen (secondary N) is 2. The molecular formula is C11H14N6O. The Balaban J connectivity index is 2.06. The molecule has 1 fully saturated rings. The Morgan fingerprint density at radius 1 is 1.39 bits per heavy atom. The second-order valence-electron chi connectivity index (χ2n) is 4.35. The first-order chi connectivity index (χ1) is 8.74. The zero-order valence-corrected chi connectivity index (χ0v) is 10.1. The van der Waals surface area contributed by atoms with E-state index in [9.17, 15) is 4.79 Å². The molecular weight excluding hydrogens is 232 g/mol. The van der Waals surface area contributed by atoms with Crippen LogP contribution in [0.5, 0.6) is 0 Å². The van der Waals surface area contributed by atoms with Crippen LogP contribution in [0, 0.1) is 6.92 Å². The standard InChI is InChI=1S/C11H14N6O/c1-7-14-10-8(5-13-16-10)11(15-7)17-4-2-3-12-9(18)6-17/h5H,2-4,6H2,1H3,(H,12,18)(H,13,14,15,16). The molecule has 0 aromatic carbocycles. The molecule has 2 N–H and O–H groups in total. The SMILES string of the molecule is Cc1nc(N2CCCNC(=O)C2)c2cn[nH]c2n1. The highest BCUT2D eigenvalue weighted by atomic mass is 16.2. The van der Waals surface area contributed by atoms with Crippen molar-refractivity contribution in [1.82, 2.24) is 25.5 Å². The molecule has 1 aliphatic heterocycles. The number of nitrogens with zero attached hydrogens (tertiary/aromatic N) is 4. The summed E-state index contributed by atoms with van der Waals surface area (Å²) in [5.74, 6) is 1.48. The quantitative estimate of drug-likeness (QED) is 0.739. The highest BCUT2D eigenvalue weighted by molar-refractivity contribution is 5.89. The fourth-order valence-electron chi connectivity index (χ4n) is 2.16. The summed E-state index contributed by atoms with van der Waals surface area (Å²) in [6.07, 6.45) is 2.61. The van der Waals surface area contributed by atoms with Crippen molar-refractivity contribution in [3.8, 4) is 0 Å². The summed E-state index contributed by atoms with van der Waals surface area (Å²) < 4.78 is 0. The number of hydrogen-bond acceptors (Lipinski definition) is 5. The Morgan fingerprint density at radius 3 is 3.17 bits per heavy atom. The number of rotatable bonds is 1. The number of hydrogen-bond donors (Lipinski definition) is 2. The Morgan fingerprint density at radius 2 is 2.28 bits per heavy atom. The van der Waals surface area contributed by atoms with E-state index in [0.29, 0.717) is 24.6 Å². The topological polar surface area (TPSA) is 86.8 Å². The minimum Gasteiger partial charge on any atom is -0.354 e. The van der Waals surface area contributed by atoms with Gasteiger partial charge in [-0.2, -0.15) is 5.10 Å². The zero-order valence-electron chi connectivity index (χ0n) is 10.1. The van der Waals surface area contributed by atoms with Crippen LogP contribution in [0.2, 0.25) is 0 Å². The molecule has 7 heteroatoms. The first-order valence-corrected chi connectivity index (χ1v) is 5.93. The third-order valence-corrected chi connectivity index (χ3v) is 2.96. The highest BCUT2D eigenvalue weighted by Crippen LogP contribution is 2.22. The Labute approximate surface area is 104 Å². The van der Waals surface area contributed by atoms with Gasteiger partial charge in [-0.05, 0) is 13.3 Å². The van der Waals surface area contributed by atoms with E-state index in [-0.39, 0.29) is 5.91 Å². The fraction of sp³-hybridized carbons (Fsp3) is 0.455. The van der Waals surface area contributed by atoms with E-state index in [0.717, 1.165) is 24.2 Å². The number of aromatic nitrogens is 4. The number of amides is 1. The number of aromatic amines is 1. The lowest BCUT2D eigenvalue weighted by atomic mass is 10.3. The van der Waals surface area contributed by atoms with Crippen molar-refractivity contribution in [2.75, 3.05) is 24.5 Å². The lowest BCUT2D eigenvalue weighted by Gasteiger charge is -2.20. The predicted molar refractivity (Wildman–Crippen MR) is 66.3 cm³/mol. The van der Waals surface area contributed by atoms with Crippen molar-refractivity contribution in [2.24, 2.45) is 0 Å². The average Bonchev–Trinajstić information content (AvgIpc) is 2.69. The van der Waals surface area contributed by atoms with Crippen LogP contribution in [0.15, 0.2) is 6.20 Å². The maximum Gasteiger partial charge on any atom is 0.239 e. The number of fused-ring (bicyclic) bond motifs is 1. The molecule has 2 aromatic rings. The first kappa shape index (κ1) is 10.9. The second-order valence-corrected chi connectivity index (χ2v) is 4.35. The normalized spacial score (nSPS) is 16.7. The predicted octanol–water partition coefficient (Wildman–Crippen LogP) is -0.0124.